The number of azide groups is 1. The Hall–Kier alpha value is -2.36. The van der Waals surface area contributed by atoms with Gasteiger partial charge in [0.05, 0.1) is 12.7 Å². The highest BCUT2D eigenvalue weighted by Crippen LogP contribution is 2.51. The van der Waals surface area contributed by atoms with Gasteiger partial charge in [-0.25, -0.2) is 4.39 Å². The van der Waals surface area contributed by atoms with Gasteiger partial charge in [-0.2, -0.15) is 0 Å². The van der Waals surface area contributed by atoms with Crippen molar-refractivity contribution in [1.29, 1.82) is 0 Å². The first-order chi connectivity index (χ1) is 12.8. The Morgan fingerprint density at radius 2 is 1.96 bits per heavy atom. The van der Waals surface area contributed by atoms with Crippen LogP contribution in [-0.4, -0.2) is 13.2 Å². The Labute approximate surface area is 152 Å². The van der Waals surface area contributed by atoms with E-state index in [1.807, 2.05) is 6.07 Å². The zero-order valence-corrected chi connectivity index (χ0v) is 14.6. The van der Waals surface area contributed by atoms with E-state index in [4.69, 9.17) is 10.3 Å². The van der Waals surface area contributed by atoms with Crippen LogP contribution in [0.5, 0.6) is 0 Å². The average molecular weight is 351 g/mol. The minimum absolute atomic E-state index is 0.0773. The summed E-state index contributed by atoms with van der Waals surface area (Å²) in [6, 6.07) is 13.7. The van der Waals surface area contributed by atoms with E-state index in [9.17, 15) is 4.39 Å². The fourth-order valence-corrected chi connectivity index (χ4v) is 4.50. The van der Waals surface area contributed by atoms with Crippen LogP contribution in [-0.2, 0) is 11.2 Å². The standard InChI is InChI=1S/C21H22FN3O/c22-17-9-8-15-11-14-5-1-2-7-18(14)20-16(6-3-4-10-24-25-23)13-26-21(20)19(15)12-17/h1-2,5,7-9,12,16,20-21H,3-4,6,10-11,13H2/t16?,20-,21-/m1/s1. The van der Waals surface area contributed by atoms with E-state index in [0.29, 0.717) is 19.1 Å². The highest BCUT2D eigenvalue weighted by atomic mass is 19.1. The first kappa shape index (κ1) is 17.1. The lowest BCUT2D eigenvalue weighted by Crippen LogP contribution is -2.14. The molecule has 4 nitrogen and oxygen atoms in total. The van der Waals surface area contributed by atoms with Gasteiger partial charge in [0.15, 0.2) is 0 Å². The van der Waals surface area contributed by atoms with Crippen LogP contribution in [0.25, 0.3) is 10.4 Å². The van der Waals surface area contributed by atoms with Crippen LogP contribution < -0.4 is 0 Å². The molecule has 3 atom stereocenters. The molecule has 5 heteroatoms. The van der Waals surface area contributed by atoms with Crippen molar-refractivity contribution in [2.24, 2.45) is 11.0 Å². The van der Waals surface area contributed by atoms with Crippen molar-refractivity contribution in [1.82, 2.24) is 0 Å². The molecule has 2 aliphatic rings. The Kier molecular flexibility index (Phi) is 4.91. The number of benzene rings is 2. The summed E-state index contributed by atoms with van der Waals surface area (Å²) >= 11 is 0. The van der Waals surface area contributed by atoms with E-state index in [1.54, 1.807) is 12.1 Å². The molecule has 134 valence electrons. The monoisotopic (exact) mass is 351 g/mol. The number of nitrogens with zero attached hydrogens (tertiary/aromatic N) is 3. The molecule has 1 aliphatic carbocycles. The van der Waals surface area contributed by atoms with E-state index in [2.05, 4.69) is 34.3 Å². The summed E-state index contributed by atoms with van der Waals surface area (Å²) in [5, 5.41) is 3.62. The quantitative estimate of drug-likeness (QED) is 0.296. The summed E-state index contributed by atoms with van der Waals surface area (Å²) in [7, 11) is 0. The van der Waals surface area contributed by atoms with Gasteiger partial charge in [-0.3, -0.25) is 0 Å². The van der Waals surface area contributed by atoms with Gasteiger partial charge in [0, 0.05) is 17.4 Å². The molecule has 1 unspecified atom stereocenters. The number of unbranched alkanes of at least 4 members (excludes halogenated alkanes) is 1. The van der Waals surface area contributed by atoms with Crippen LogP contribution in [0, 0.1) is 11.7 Å². The maximum absolute atomic E-state index is 13.9. The third-order valence-electron chi connectivity index (χ3n) is 5.68. The van der Waals surface area contributed by atoms with Crippen LogP contribution in [0.2, 0.25) is 0 Å². The molecule has 0 bridgehead atoms. The molecule has 2 aromatic carbocycles. The van der Waals surface area contributed by atoms with E-state index >= 15 is 0 Å². The second-order valence-electron chi connectivity index (χ2n) is 7.21. The molecule has 0 aromatic heterocycles. The average Bonchev–Trinajstić information content (AvgIpc) is 3.01. The number of ether oxygens (including phenoxy) is 1. The zero-order chi connectivity index (χ0) is 17.9. The lowest BCUT2D eigenvalue weighted by atomic mass is 9.79. The molecule has 0 N–H and O–H groups in total. The van der Waals surface area contributed by atoms with E-state index in [1.165, 1.54) is 11.1 Å². The fraction of sp³-hybridized carbons (Fsp3) is 0.429. The van der Waals surface area contributed by atoms with Crippen molar-refractivity contribution >= 4 is 0 Å². The van der Waals surface area contributed by atoms with Crippen LogP contribution in [0.1, 0.15) is 53.5 Å². The third kappa shape index (κ3) is 3.20. The lowest BCUT2D eigenvalue weighted by molar-refractivity contribution is 0.101. The summed E-state index contributed by atoms with van der Waals surface area (Å²) in [6.07, 6.45) is 3.68. The molecule has 0 saturated carbocycles. The van der Waals surface area contributed by atoms with Crippen molar-refractivity contribution in [3.05, 3.63) is 81.0 Å². The number of hydrogen-bond donors (Lipinski definition) is 0. The minimum atomic E-state index is -0.199. The summed E-state index contributed by atoms with van der Waals surface area (Å²) in [5.41, 5.74) is 13.2. The van der Waals surface area contributed by atoms with E-state index < -0.39 is 0 Å². The van der Waals surface area contributed by atoms with Crippen molar-refractivity contribution in [3.63, 3.8) is 0 Å². The largest absolute Gasteiger partial charge is 0.373 e. The van der Waals surface area contributed by atoms with Crippen molar-refractivity contribution in [2.45, 2.75) is 37.7 Å². The minimum Gasteiger partial charge on any atom is -0.373 e. The van der Waals surface area contributed by atoms with Crippen LogP contribution in [0.3, 0.4) is 0 Å². The summed E-state index contributed by atoms with van der Waals surface area (Å²) in [5.74, 6) is 0.463. The lowest BCUT2D eigenvalue weighted by Gasteiger charge is -2.24. The van der Waals surface area contributed by atoms with Gasteiger partial charge in [-0.15, -0.1) is 0 Å². The highest BCUT2D eigenvalue weighted by molar-refractivity contribution is 5.45. The maximum atomic E-state index is 13.9. The fourth-order valence-electron chi connectivity index (χ4n) is 4.50. The normalized spacial score (nSPS) is 23.3. The molecule has 0 spiro atoms. The summed E-state index contributed by atoms with van der Waals surface area (Å²) in [6.45, 7) is 1.24. The first-order valence-corrected chi connectivity index (χ1v) is 9.26. The van der Waals surface area contributed by atoms with Crippen LogP contribution >= 0.6 is 0 Å². The van der Waals surface area contributed by atoms with E-state index in [-0.39, 0.29) is 17.8 Å². The second-order valence-corrected chi connectivity index (χ2v) is 7.21. The predicted molar refractivity (Wildman–Crippen MR) is 98.4 cm³/mol. The topological polar surface area (TPSA) is 58.0 Å². The van der Waals surface area contributed by atoms with Gasteiger partial charge in [0.25, 0.3) is 0 Å². The summed E-state index contributed by atoms with van der Waals surface area (Å²) < 4.78 is 20.2. The van der Waals surface area contributed by atoms with Gasteiger partial charge < -0.3 is 4.74 Å². The molecule has 2 aromatic rings. The van der Waals surface area contributed by atoms with Gasteiger partial charge in [-0.05, 0) is 65.1 Å². The number of rotatable bonds is 5. The number of fused-ring (bicyclic) bond motifs is 5. The second kappa shape index (κ2) is 7.48. The van der Waals surface area contributed by atoms with Crippen LogP contribution in [0.4, 0.5) is 4.39 Å². The van der Waals surface area contributed by atoms with Crippen molar-refractivity contribution in [2.75, 3.05) is 13.2 Å². The van der Waals surface area contributed by atoms with Crippen LogP contribution in [0.15, 0.2) is 47.6 Å². The maximum Gasteiger partial charge on any atom is 0.123 e. The highest BCUT2D eigenvalue weighted by Gasteiger charge is 2.42. The molecular weight excluding hydrogens is 329 g/mol. The molecule has 1 fully saturated rings. The van der Waals surface area contributed by atoms with Crippen molar-refractivity contribution in [3.8, 4) is 0 Å². The molecule has 26 heavy (non-hydrogen) atoms. The Morgan fingerprint density at radius 1 is 1.12 bits per heavy atom. The summed E-state index contributed by atoms with van der Waals surface area (Å²) in [4.78, 5) is 2.81. The first-order valence-electron chi connectivity index (χ1n) is 9.26. The Morgan fingerprint density at radius 3 is 2.85 bits per heavy atom. The van der Waals surface area contributed by atoms with Crippen molar-refractivity contribution < 1.29 is 9.13 Å². The molecular formula is C21H22FN3O. The zero-order valence-electron chi connectivity index (χ0n) is 14.6. The molecule has 0 radical (unpaired) electrons. The number of halogens is 1. The molecule has 1 aliphatic heterocycles. The third-order valence-corrected chi connectivity index (χ3v) is 5.68. The molecule has 0 amide bonds. The van der Waals surface area contributed by atoms with Gasteiger partial charge >= 0.3 is 0 Å². The van der Waals surface area contributed by atoms with Gasteiger partial charge in [0.1, 0.15) is 5.82 Å². The van der Waals surface area contributed by atoms with E-state index in [0.717, 1.165) is 36.8 Å². The SMILES string of the molecule is [N-]=[N+]=NCCCCC1CO[C@@H]2c3cc(F)ccc3Cc3ccccc3[C@@H]12. The van der Waals surface area contributed by atoms with Gasteiger partial charge in [0.2, 0.25) is 0 Å². The molecule has 4 rings (SSSR count). The molecule has 1 saturated heterocycles. The van der Waals surface area contributed by atoms with Gasteiger partial charge in [-0.1, -0.05) is 41.9 Å². The molecule has 1 heterocycles. The Bertz CT molecular complexity index is 847. The smallest absolute Gasteiger partial charge is 0.123 e. The Balaban J connectivity index is 1.65. The predicted octanol–water partition coefficient (Wildman–Crippen LogP) is 5.68. The number of hydrogen-bond acceptors (Lipinski definition) is 2.